The van der Waals surface area contributed by atoms with E-state index in [1.165, 1.54) is 36.7 Å². The van der Waals surface area contributed by atoms with Crippen molar-refractivity contribution in [3.05, 3.63) is 58.9 Å². The van der Waals surface area contributed by atoms with Crippen LogP contribution in [-0.2, 0) is 11.3 Å². The highest BCUT2D eigenvalue weighted by atomic mass is 32.2. The molecule has 3 heterocycles. The van der Waals surface area contributed by atoms with Gasteiger partial charge in [0.2, 0.25) is 11.7 Å². The number of aryl methyl sites for hydroxylation is 1. The van der Waals surface area contributed by atoms with Crippen LogP contribution in [0.1, 0.15) is 32.6 Å². The fraction of sp³-hybridized carbons (Fsp3) is 0.360. The number of piperidine rings is 1. The first-order valence-electron chi connectivity index (χ1n) is 11.8. The van der Waals surface area contributed by atoms with E-state index in [9.17, 15) is 9.59 Å². The molecule has 0 aliphatic carbocycles. The lowest BCUT2D eigenvalue weighted by atomic mass is 10.1. The standard InChI is InChI=1S/C25H28N6O2S/c1-2-14-30-23(33)20-8-4-5-9-21(20)31-24(30)27-28-25(31)34-17-22(32)26-18-10-12-19(13-11-18)29-15-6-3-7-16-29/h4-5,8-13H,2-3,6-7,14-17H2,1H3,(H,26,32). The van der Waals surface area contributed by atoms with Crippen molar-refractivity contribution >= 4 is 45.7 Å². The van der Waals surface area contributed by atoms with Crippen molar-refractivity contribution in [1.29, 1.82) is 0 Å². The van der Waals surface area contributed by atoms with Crippen molar-refractivity contribution in [1.82, 2.24) is 19.2 Å². The summed E-state index contributed by atoms with van der Waals surface area (Å²) in [5.74, 6) is 0.580. The minimum Gasteiger partial charge on any atom is -0.372 e. The second-order valence-corrected chi connectivity index (χ2v) is 9.47. The van der Waals surface area contributed by atoms with Crippen molar-refractivity contribution in [2.45, 2.75) is 44.3 Å². The van der Waals surface area contributed by atoms with Crippen molar-refractivity contribution in [3.8, 4) is 0 Å². The topological polar surface area (TPSA) is 84.5 Å². The van der Waals surface area contributed by atoms with E-state index in [2.05, 4.69) is 32.5 Å². The Kier molecular flexibility index (Phi) is 6.53. The molecule has 9 heteroatoms. The van der Waals surface area contributed by atoms with E-state index in [1.807, 2.05) is 47.7 Å². The van der Waals surface area contributed by atoms with Gasteiger partial charge < -0.3 is 10.2 Å². The monoisotopic (exact) mass is 476 g/mol. The molecular formula is C25H28N6O2S. The number of thioether (sulfide) groups is 1. The van der Waals surface area contributed by atoms with Crippen LogP contribution in [-0.4, -0.2) is 43.9 Å². The van der Waals surface area contributed by atoms with Gasteiger partial charge in [0.15, 0.2) is 5.16 Å². The predicted octanol–water partition coefficient (Wildman–Crippen LogP) is 4.18. The van der Waals surface area contributed by atoms with Crippen LogP contribution in [0.4, 0.5) is 11.4 Å². The van der Waals surface area contributed by atoms with E-state index >= 15 is 0 Å². The zero-order chi connectivity index (χ0) is 23.5. The summed E-state index contributed by atoms with van der Waals surface area (Å²) in [4.78, 5) is 28.0. The summed E-state index contributed by atoms with van der Waals surface area (Å²) in [7, 11) is 0. The molecule has 34 heavy (non-hydrogen) atoms. The zero-order valence-corrected chi connectivity index (χ0v) is 20.1. The van der Waals surface area contributed by atoms with E-state index in [4.69, 9.17) is 0 Å². The molecule has 8 nitrogen and oxygen atoms in total. The molecule has 0 bridgehead atoms. The number of para-hydroxylation sites is 1. The van der Waals surface area contributed by atoms with Crippen LogP contribution < -0.4 is 15.8 Å². The molecule has 0 spiro atoms. The third kappa shape index (κ3) is 4.40. The van der Waals surface area contributed by atoms with Crippen LogP contribution in [0.2, 0.25) is 0 Å². The number of fused-ring (bicyclic) bond motifs is 3. The number of carbonyl (C=O) groups is 1. The van der Waals surface area contributed by atoms with Crippen LogP contribution in [0.3, 0.4) is 0 Å². The molecular weight excluding hydrogens is 448 g/mol. The lowest BCUT2D eigenvalue weighted by Gasteiger charge is -2.28. The Bertz CT molecular complexity index is 1370. The predicted molar refractivity (Wildman–Crippen MR) is 137 cm³/mol. The van der Waals surface area contributed by atoms with Crippen LogP contribution in [0.5, 0.6) is 0 Å². The summed E-state index contributed by atoms with van der Waals surface area (Å²) in [5.41, 5.74) is 2.66. The molecule has 176 valence electrons. The average molecular weight is 477 g/mol. The third-order valence-electron chi connectivity index (χ3n) is 6.13. The summed E-state index contributed by atoms with van der Waals surface area (Å²) in [5, 5.41) is 12.8. The van der Waals surface area contributed by atoms with Crippen LogP contribution in [0, 0.1) is 0 Å². The fourth-order valence-electron chi connectivity index (χ4n) is 4.49. The maximum absolute atomic E-state index is 12.9. The van der Waals surface area contributed by atoms with Gasteiger partial charge in [-0.1, -0.05) is 30.8 Å². The average Bonchev–Trinajstić information content (AvgIpc) is 3.30. The number of anilines is 2. The first-order chi connectivity index (χ1) is 16.7. The van der Waals surface area contributed by atoms with Crippen molar-refractivity contribution in [3.63, 3.8) is 0 Å². The van der Waals surface area contributed by atoms with E-state index in [1.54, 1.807) is 4.57 Å². The SMILES string of the molecule is CCCn1c(=O)c2ccccc2n2c(SCC(=O)Nc3ccc(N4CCCCC4)cc3)nnc12. The smallest absolute Gasteiger partial charge is 0.262 e. The summed E-state index contributed by atoms with van der Waals surface area (Å²) in [6, 6.07) is 15.5. The Morgan fingerprint density at radius 1 is 1.03 bits per heavy atom. The quantitative estimate of drug-likeness (QED) is 0.403. The molecule has 1 amide bonds. The van der Waals surface area contributed by atoms with Crippen molar-refractivity contribution < 1.29 is 4.79 Å². The van der Waals surface area contributed by atoms with E-state index in [-0.39, 0.29) is 17.2 Å². The van der Waals surface area contributed by atoms with Crippen molar-refractivity contribution in [2.75, 3.05) is 29.1 Å². The van der Waals surface area contributed by atoms with Gasteiger partial charge in [0.05, 0.1) is 16.7 Å². The molecule has 1 N–H and O–H groups in total. The lowest BCUT2D eigenvalue weighted by molar-refractivity contribution is -0.113. The van der Waals surface area contributed by atoms with Gasteiger partial charge in [-0.05, 0) is 62.1 Å². The highest BCUT2D eigenvalue weighted by Crippen LogP contribution is 2.24. The van der Waals surface area contributed by atoms with E-state index in [0.29, 0.717) is 22.9 Å². The molecule has 0 radical (unpaired) electrons. The number of aromatic nitrogens is 4. The number of hydrogen-bond acceptors (Lipinski definition) is 6. The molecule has 5 rings (SSSR count). The Balaban J connectivity index is 1.32. The zero-order valence-electron chi connectivity index (χ0n) is 19.2. The van der Waals surface area contributed by atoms with Crippen LogP contribution in [0.15, 0.2) is 58.5 Å². The Labute approximate surface area is 202 Å². The van der Waals surface area contributed by atoms with Gasteiger partial charge in [0, 0.05) is 31.0 Å². The van der Waals surface area contributed by atoms with Gasteiger partial charge in [0.25, 0.3) is 5.56 Å². The first-order valence-corrected chi connectivity index (χ1v) is 12.8. The van der Waals surface area contributed by atoms with Gasteiger partial charge in [-0.2, -0.15) is 0 Å². The minimum atomic E-state index is -0.112. The number of amides is 1. The molecule has 1 aliphatic heterocycles. The maximum atomic E-state index is 12.9. The second-order valence-electron chi connectivity index (χ2n) is 8.52. The van der Waals surface area contributed by atoms with Crippen LogP contribution in [0.25, 0.3) is 16.7 Å². The van der Waals surface area contributed by atoms with Crippen molar-refractivity contribution in [2.24, 2.45) is 0 Å². The molecule has 2 aromatic heterocycles. The van der Waals surface area contributed by atoms with Crippen LogP contribution >= 0.6 is 11.8 Å². The number of hydrogen-bond donors (Lipinski definition) is 1. The van der Waals surface area contributed by atoms with Gasteiger partial charge in [-0.15, -0.1) is 10.2 Å². The molecule has 2 aromatic carbocycles. The van der Waals surface area contributed by atoms with E-state index < -0.39 is 0 Å². The highest BCUT2D eigenvalue weighted by Gasteiger charge is 2.17. The molecule has 4 aromatic rings. The summed E-state index contributed by atoms with van der Waals surface area (Å²) < 4.78 is 3.53. The number of nitrogens with one attached hydrogen (secondary N) is 1. The Morgan fingerprint density at radius 3 is 2.56 bits per heavy atom. The van der Waals surface area contributed by atoms with Gasteiger partial charge in [0.1, 0.15) is 0 Å². The molecule has 1 aliphatic rings. The third-order valence-corrected chi connectivity index (χ3v) is 7.06. The molecule has 1 fully saturated rings. The molecule has 0 atom stereocenters. The fourth-order valence-corrected chi connectivity index (χ4v) is 5.23. The van der Waals surface area contributed by atoms with E-state index in [0.717, 1.165) is 30.7 Å². The number of rotatable bonds is 7. The summed E-state index contributed by atoms with van der Waals surface area (Å²) in [6.07, 6.45) is 4.58. The van der Waals surface area contributed by atoms with Gasteiger partial charge >= 0.3 is 0 Å². The Hall–Kier alpha value is -3.33. The Morgan fingerprint density at radius 2 is 1.79 bits per heavy atom. The minimum absolute atomic E-state index is 0.0698. The second kappa shape index (κ2) is 9.89. The normalized spacial score (nSPS) is 14.1. The molecule has 0 saturated carbocycles. The number of carbonyl (C=O) groups excluding carboxylic acids is 1. The molecule has 0 unspecified atom stereocenters. The maximum Gasteiger partial charge on any atom is 0.262 e. The highest BCUT2D eigenvalue weighted by molar-refractivity contribution is 7.99. The summed E-state index contributed by atoms with van der Waals surface area (Å²) >= 11 is 1.31. The lowest BCUT2D eigenvalue weighted by Crippen LogP contribution is -2.29. The molecule has 1 saturated heterocycles. The van der Waals surface area contributed by atoms with Gasteiger partial charge in [-0.25, -0.2) is 0 Å². The number of nitrogens with zero attached hydrogens (tertiary/aromatic N) is 5. The van der Waals surface area contributed by atoms with Gasteiger partial charge in [-0.3, -0.25) is 18.6 Å². The first kappa shape index (κ1) is 22.5. The largest absolute Gasteiger partial charge is 0.372 e. The summed E-state index contributed by atoms with van der Waals surface area (Å²) in [6.45, 7) is 4.77. The number of benzene rings is 2.